The summed E-state index contributed by atoms with van der Waals surface area (Å²) in [7, 11) is 0. The fraction of sp³-hybridized carbons (Fsp3) is 0.286. The summed E-state index contributed by atoms with van der Waals surface area (Å²) in [6.07, 6.45) is 1.13. The minimum Gasteiger partial charge on any atom is -0.352 e. The molecule has 3 aromatic rings. The molecular formula is C28H30ClFN2O2. The second kappa shape index (κ2) is 12.3. The smallest absolute Gasteiger partial charge is 0.243 e. The van der Waals surface area contributed by atoms with Crippen molar-refractivity contribution in [2.24, 2.45) is 0 Å². The Balaban J connectivity index is 1.98. The molecule has 4 nitrogen and oxygen atoms in total. The molecule has 3 rings (SSSR count). The zero-order valence-corrected chi connectivity index (χ0v) is 20.3. The van der Waals surface area contributed by atoms with Crippen LogP contribution in [0.25, 0.3) is 0 Å². The van der Waals surface area contributed by atoms with Gasteiger partial charge >= 0.3 is 0 Å². The van der Waals surface area contributed by atoms with Gasteiger partial charge in [-0.1, -0.05) is 79.2 Å². The molecule has 178 valence electrons. The molecule has 0 radical (unpaired) electrons. The Morgan fingerprint density at radius 3 is 2.32 bits per heavy atom. The molecule has 0 saturated carbocycles. The SMILES string of the molecule is CC[C@@H](C)NC(=O)[C@@H](Cc1ccccc1)N(Cc1ccccc1F)C(=O)Cc1cccc(Cl)c1. The molecule has 0 fully saturated rings. The fourth-order valence-corrected chi connectivity index (χ4v) is 3.94. The highest BCUT2D eigenvalue weighted by Crippen LogP contribution is 2.19. The monoisotopic (exact) mass is 480 g/mol. The van der Waals surface area contributed by atoms with Crippen LogP contribution in [0.15, 0.2) is 78.9 Å². The van der Waals surface area contributed by atoms with Gasteiger partial charge in [-0.25, -0.2) is 4.39 Å². The molecule has 0 aliphatic heterocycles. The Hall–Kier alpha value is -3.18. The number of rotatable bonds is 10. The van der Waals surface area contributed by atoms with Crippen molar-refractivity contribution in [2.75, 3.05) is 0 Å². The van der Waals surface area contributed by atoms with Gasteiger partial charge in [0, 0.05) is 29.6 Å². The summed E-state index contributed by atoms with van der Waals surface area (Å²) in [6, 6.07) is 22.1. The highest BCUT2D eigenvalue weighted by atomic mass is 35.5. The maximum atomic E-state index is 14.6. The van der Waals surface area contributed by atoms with Crippen molar-refractivity contribution in [2.45, 2.75) is 51.7 Å². The van der Waals surface area contributed by atoms with Crippen molar-refractivity contribution in [3.63, 3.8) is 0 Å². The van der Waals surface area contributed by atoms with E-state index in [9.17, 15) is 14.0 Å². The third kappa shape index (κ3) is 7.16. The molecule has 34 heavy (non-hydrogen) atoms. The van der Waals surface area contributed by atoms with E-state index in [1.165, 1.54) is 11.0 Å². The van der Waals surface area contributed by atoms with Crippen molar-refractivity contribution in [3.8, 4) is 0 Å². The van der Waals surface area contributed by atoms with Crippen molar-refractivity contribution < 1.29 is 14.0 Å². The molecule has 0 heterocycles. The molecule has 0 saturated heterocycles. The minimum absolute atomic E-state index is 0.0164. The average Bonchev–Trinajstić information content (AvgIpc) is 2.82. The van der Waals surface area contributed by atoms with Gasteiger partial charge in [0.05, 0.1) is 6.42 Å². The van der Waals surface area contributed by atoms with E-state index in [1.54, 1.807) is 36.4 Å². The van der Waals surface area contributed by atoms with Gasteiger partial charge in [-0.15, -0.1) is 0 Å². The average molecular weight is 481 g/mol. The van der Waals surface area contributed by atoms with Gasteiger partial charge in [0.25, 0.3) is 0 Å². The van der Waals surface area contributed by atoms with Gasteiger partial charge in [-0.3, -0.25) is 9.59 Å². The Morgan fingerprint density at radius 1 is 0.971 bits per heavy atom. The lowest BCUT2D eigenvalue weighted by molar-refractivity contribution is -0.141. The van der Waals surface area contributed by atoms with Crippen LogP contribution in [0.5, 0.6) is 0 Å². The lowest BCUT2D eigenvalue weighted by atomic mass is 10.0. The lowest BCUT2D eigenvalue weighted by Crippen LogP contribution is -2.52. The molecule has 0 aliphatic carbocycles. The number of carbonyl (C=O) groups excluding carboxylic acids is 2. The van der Waals surface area contributed by atoms with E-state index < -0.39 is 11.9 Å². The standard InChI is InChI=1S/C28H30ClFN2O2/c1-3-20(2)31-28(34)26(17-21-10-5-4-6-11-21)32(19-23-13-7-8-15-25(23)30)27(33)18-22-12-9-14-24(29)16-22/h4-16,20,26H,3,17-19H2,1-2H3,(H,31,34)/t20-,26-/m1/s1. The lowest BCUT2D eigenvalue weighted by Gasteiger charge is -2.32. The van der Waals surface area contributed by atoms with E-state index in [0.717, 1.165) is 17.5 Å². The largest absolute Gasteiger partial charge is 0.352 e. The zero-order valence-electron chi connectivity index (χ0n) is 19.5. The van der Waals surface area contributed by atoms with Crippen molar-refractivity contribution in [1.29, 1.82) is 0 Å². The van der Waals surface area contributed by atoms with Crippen molar-refractivity contribution in [3.05, 3.63) is 106 Å². The van der Waals surface area contributed by atoms with Crippen LogP contribution in [0.1, 0.15) is 37.0 Å². The van der Waals surface area contributed by atoms with Crippen LogP contribution in [-0.4, -0.2) is 28.8 Å². The maximum Gasteiger partial charge on any atom is 0.243 e. The van der Waals surface area contributed by atoms with Crippen LogP contribution in [-0.2, 0) is 29.0 Å². The van der Waals surface area contributed by atoms with Gasteiger partial charge in [-0.2, -0.15) is 0 Å². The normalized spacial score (nSPS) is 12.6. The molecule has 0 bridgehead atoms. The predicted octanol–water partition coefficient (Wildman–Crippen LogP) is 5.58. The molecule has 0 unspecified atom stereocenters. The quantitative estimate of drug-likeness (QED) is 0.412. The Kier molecular flexibility index (Phi) is 9.23. The van der Waals surface area contributed by atoms with Gasteiger partial charge in [0.2, 0.25) is 11.8 Å². The molecule has 2 amide bonds. The predicted molar refractivity (Wildman–Crippen MR) is 134 cm³/mol. The van der Waals surface area contributed by atoms with Gasteiger partial charge in [0.15, 0.2) is 0 Å². The molecule has 1 N–H and O–H groups in total. The molecule has 2 atom stereocenters. The summed E-state index contributed by atoms with van der Waals surface area (Å²) in [6.45, 7) is 3.89. The Morgan fingerprint density at radius 2 is 1.65 bits per heavy atom. The van der Waals surface area contributed by atoms with Crippen LogP contribution < -0.4 is 5.32 Å². The van der Waals surface area contributed by atoms with Crippen molar-refractivity contribution >= 4 is 23.4 Å². The highest BCUT2D eigenvalue weighted by Gasteiger charge is 2.31. The first-order chi connectivity index (χ1) is 16.4. The number of carbonyl (C=O) groups is 2. The third-order valence-corrected chi connectivity index (χ3v) is 6.05. The topological polar surface area (TPSA) is 49.4 Å². The fourth-order valence-electron chi connectivity index (χ4n) is 3.73. The molecule has 0 aromatic heterocycles. The van der Waals surface area contributed by atoms with Gasteiger partial charge in [0.1, 0.15) is 11.9 Å². The van der Waals surface area contributed by atoms with Crippen LogP contribution in [0.4, 0.5) is 4.39 Å². The molecule has 0 spiro atoms. The van der Waals surface area contributed by atoms with E-state index in [2.05, 4.69) is 5.32 Å². The summed E-state index contributed by atoms with van der Waals surface area (Å²) in [5.74, 6) is -0.941. The second-order valence-electron chi connectivity index (χ2n) is 8.44. The number of amides is 2. The van der Waals surface area contributed by atoms with Crippen LogP contribution in [0.3, 0.4) is 0 Å². The molecule has 3 aromatic carbocycles. The summed E-state index contributed by atoms with van der Waals surface area (Å²) in [4.78, 5) is 28.5. The molecule has 0 aliphatic rings. The first-order valence-electron chi connectivity index (χ1n) is 11.5. The zero-order chi connectivity index (χ0) is 24.5. The minimum atomic E-state index is -0.803. The van der Waals surface area contributed by atoms with E-state index in [4.69, 9.17) is 11.6 Å². The van der Waals surface area contributed by atoms with Gasteiger partial charge < -0.3 is 10.2 Å². The number of halogens is 2. The first kappa shape index (κ1) is 25.4. The van der Waals surface area contributed by atoms with Gasteiger partial charge in [-0.05, 0) is 42.7 Å². The van der Waals surface area contributed by atoms with Crippen molar-refractivity contribution in [1.82, 2.24) is 10.2 Å². The van der Waals surface area contributed by atoms with Crippen LogP contribution in [0.2, 0.25) is 5.02 Å². The van der Waals surface area contributed by atoms with E-state index in [0.29, 0.717) is 17.0 Å². The summed E-state index contributed by atoms with van der Waals surface area (Å²) < 4.78 is 14.6. The van der Waals surface area contributed by atoms with E-state index in [1.807, 2.05) is 50.2 Å². The number of hydrogen-bond donors (Lipinski definition) is 1. The van der Waals surface area contributed by atoms with Crippen LogP contribution in [0, 0.1) is 5.82 Å². The third-order valence-electron chi connectivity index (χ3n) is 5.82. The second-order valence-corrected chi connectivity index (χ2v) is 8.88. The first-order valence-corrected chi connectivity index (χ1v) is 11.9. The van der Waals surface area contributed by atoms with E-state index >= 15 is 0 Å². The number of nitrogens with one attached hydrogen (secondary N) is 1. The number of nitrogens with zero attached hydrogens (tertiary/aromatic N) is 1. The Labute approximate surface area is 205 Å². The Bertz CT molecular complexity index is 1110. The molecule has 6 heteroatoms. The molecular weight excluding hydrogens is 451 g/mol. The number of hydrogen-bond acceptors (Lipinski definition) is 2. The van der Waals surface area contributed by atoms with E-state index in [-0.39, 0.29) is 30.8 Å². The summed E-state index contributed by atoms with van der Waals surface area (Å²) in [5.41, 5.74) is 2.01. The number of benzene rings is 3. The highest BCUT2D eigenvalue weighted by molar-refractivity contribution is 6.30. The summed E-state index contributed by atoms with van der Waals surface area (Å²) >= 11 is 6.11. The maximum absolute atomic E-state index is 14.6. The van der Waals surface area contributed by atoms with Crippen LogP contribution >= 0.6 is 11.6 Å². The summed E-state index contributed by atoms with van der Waals surface area (Å²) in [5, 5.41) is 3.54.